The number of hydrogen-bond acceptors (Lipinski definition) is 3. The topological polar surface area (TPSA) is 67.4 Å². The van der Waals surface area contributed by atoms with Crippen LogP contribution in [-0.4, -0.2) is 18.4 Å². The monoisotopic (exact) mass is 346 g/mol. The fourth-order valence-corrected chi connectivity index (χ4v) is 3.27. The number of amides is 2. The SMILES string of the molecule is Cc1ccc(C(C)C)c(OCC(=O)NNC(=O)CC2CCCCC2)c1. The van der Waals surface area contributed by atoms with Crippen molar-refractivity contribution in [2.75, 3.05) is 6.61 Å². The second-order valence-corrected chi connectivity index (χ2v) is 7.29. The molecule has 25 heavy (non-hydrogen) atoms. The van der Waals surface area contributed by atoms with Gasteiger partial charge in [0.2, 0.25) is 5.91 Å². The van der Waals surface area contributed by atoms with E-state index in [2.05, 4.69) is 24.7 Å². The van der Waals surface area contributed by atoms with Gasteiger partial charge in [-0.1, -0.05) is 45.2 Å². The molecule has 1 aromatic rings. The van der Waals surface area contributed by atoms with Gasteiger partial charge in [0.05, 0.1) is 0 Å². The maximum atomic E-state index is 11.9. The van der Waals surface area contributed by atoms with Crippen molar-refractivity contribution < 1.29 is 14.3 Å². The van der Waals surface area contributed by atoms with E-state index in [1.807, 2.05) is 25.1 Å². The number of rotatable bonds is 6. The first kappa shape index (κ1) is 19.3. The van der Waals surface area contributed by atoms with Crippen LogP contribution < -0.4 is 15.6 Å². The van der Waals surface area contributed by atoms with Gasteiger partial charge in [0.15, 0.2) is 6.61 Å². The molecular weight excluding hydrogens is 316 g/mol. The van der Waals surface area contributed by atoms with Crippen molar-refractivity contribution in [2.24, 2.45) is 5.92 Å². The van der Waals surface area contributed by atoms with Crippen LogP contribution in [0, 0.1) is 12.8 Å². The van der Waals surface area contributed by atoms with Crippen LogP contribution in [0.15, 0.2) is 18.2 Å². The molecule has 0 radical (unpaired) electrons. The molecule has 0 aromatic heterocycles. The number of hydrazine groups is 1. The highest BCUT2D eigenvalue weighted by molar-refractivity contribution is 5.82. The van der Waals surface area contributed by atoms with Crippen LogP contribution in [0.3, 0.4) is 0 Å². The lowest BCUT2D eigenvalue weighted by Crippen LogP contribution is -2.44. The largest absolute Gasteiger partial charge is 0.483 e. The average molecular weight is 346 g/mol. The van der Waals surface area contributed by atoms with Crippen molar-refractivity contribution in [2.45, 2.75) is 65.2 Å². The van der Waals surface area contributed by atoms with Gasteiger partial charge in [-0.05, 0) is 48.8 Å². The zero-order valence-corrected chi connectivity index (χ0v) is 15.6. The molecule has 1 fully saturated rings. The Bertz CT molecular complexity index is 593. The Morgan fingerprint density at radius 3 is 2.48 bits per heavy atom. The van der Waals surface area contributed by atoms with Crippen LogP contribution in [0.25, 0.3) is 0 Å². The highest BCUT2D eigenvalue weighted by atomic mass is 16.5. The van der Waals surface area contributed by atoms with Crippen LogP contribution in [-0.2, 0) is 9.59 Å². The van der Waals surface area contributed by atoms with Crippen LogP contribution in [0.5, 0.6) is 5.75 Å². The molecular formula is C20H30N2O3. The maximum absolute atomic E-state index is 11.9. The first-order valence-electron chi connectivity index (χ1n) is 9.26. The Balaban J connectivity index is 1.75. The zero-order chi connectivity index (χ0) is 18.2. The molecule has 1 aromatic carbocycles. The molecule has 1 aliphatic carbocycles. The molecule has 0 aliphatic heterocycles. The van der Waals surface area contributed by atoms with Crippen LogP contribution >= 0.6 is 0 Å². The van der Waals surface area contributed by atoms with E-state index < -0.39 is 0 Å². The second-order valence-electron chi connectivity index (χ2n) is 7.29. The summed E-state index contributed by atoms with van der Waals surface area (Å²) in [7, 11) is 0. The van der Waals surface area contributed by atoms with E-state index in [1.54, 1.807) is 0 Å². The molecule has 0 heterocycles. The van der Waals surface area contributed by atoms with Gasteiger partial charge >= 0.3 is 0 Å². The second kappa shape index (κ2) is 9.44. The first-order valence-corrected chi connectivity index (χ1v) is 9.26. The van der Waals surface area contributed by atoms with Gasteiger partial charge in [-0.2, -0.15) is 0 Å². The van der Waals surface area contributed by atoms with Gasteiger partial charge in [-0.15, -0.1) is 0 Å². The minimum Gasteiger partial charge on any atom is -0.483 e. The van der Waals surface area contributed by atoms with Gasteiger partial charge in [0.1, 0.15) is 5.75 Å². The molecule has 0 unspecified atom stereocenters. The summed E-state index contributed by atoms with van der Waals surface area (Å²) in [5, 5.41) is 0. The van der Waals surface area contributed by atoms with Crippen molar-refractivity contribution in [3.63, 3.8) is 0 Å². The summed E-state index contributed by atoms with van der Waals surface area (Å²) in [6.07, 6.45) is 6.37. The van der Waals surface area contributed by atoms with Crippen LogP contribution in [0.4, 0.5) is 0 Å². The molecule has 2 amide bonds. The Labute approximate surface area is 150 Å². The lowest BCUT2D eigenvalue weighted by Gasteiger charge is -2.20. The molecule has 2 rings (SSSR count). The van der Waals surface area contributed by atoms with E-state index in [0.717, 1.165) is 29.7 Å². The summed E-state index contributed by atoms with van der Waals surface area (Å²) in [4.78, 5) is 23.8. The van der Waals surface area contributed by atoms with Crippen LogP contribution in [0.1, 0.15) is 69.4 Å². The van der Waals surface area contributed by atoms with Gasteiger partial charge < -0.3 is 4.74 Å². The third kappa shape index (κ3) is 6.40. The van der Waals surface area contributed by atoms with Crippen LogP contribution in [0.2, 0.25) is 0 Å². The Kier molecular flexibility index (Phi) is 7.29. The smallest absolute Gasteiger partial charge is 0.276 e. The number of carbonyl (C=O) groups is 2. The number of carbonyl (C=O) groups excluding carboxylic acids is 2. The fourth-order valence-electron chi connectivity index (χ4n) is 3.27. The standard InChI is InChI=1S/C20H30N2O3/c1-14(2)17-10-9-15(3)11-18(17)25-13-20(24)22-21-19(23)12-16-7-5-4-6-8-16/h9-11,14,16H,4-8,12-13H2,1-3H3,(H,21,23)(H,22,24). The van der Waals surface area contributed by atoms with Gasteiger partial charge in [0, 0.05) is 6.42 Å². The number of aryl methyl sites for hydroxylation is 1. The van der Waals surface area contributed by atoms with Gasteiger partial charge in [-0.3, -0.25) is 20.4 Å². The Hall–Kier alpha value is -2.04. The predicted octanol–water partition coefficient (Wildman–Crippen LogP) is 3.62. The highest BCUT2D eigenvalue weighted by Gasteiger charge is 2.17. The molecule has 138 valence electrons. The van der Waals surface area contributed by atoms with E-state index in [1.165, 1.54) is 19.3 Å². The summed E-state index contributed by atoms with van der Waals surface area (Å²) >= 11 is 0. The minimum absolute atomic E-state index is 0.118. The average Bonchev–Trinajstić information content (AvgIpc) is 2.59. The van der Waals surface area contributed by atoms with Gasteiger partial charge in [0.25, 0.3) is 5.91 Å². The van der Waals surface area contributed by atoms with E-state index in [0.29, 0.717) is 18.3 Å². The Morgan fingerprint density at radius 2 is 1.80 bits per heavy atom. The predicted molar refractivity (Wildman–Crippen MR) is 98.2 cm³/mol. The fraction of sp³-hybridized carbons (Fsp3) is 0.600. The molecule has 0 saturated heterocycles. The van der Waals surface area contributed by atoms with E-state index in [9.17, 15) is 9.59 Å². The minimum atomic E-state index is -0.354. The lowest BCUT2D eigenvalue weighted by molar-refractivity contribution is -0.130. The molecule has 2 N–H and O–H groups in total. The number of ether oxygens (including phenoxy) is 1. The summed E-state index contributed by atoms with van der Waals surface area (Å²) in [6, 6.07) is 6.00. The number of nitrogens with one attached hydrogen (secondary N) is 2. The Morgan fingerprint density at radius 1 is 1.12 bits per heavy atom. The summed E-state index contributed by atoms with van der Waals surface area (Å²) in [6.45, 7) is 6.04. The normalized spacial score (nSPS) is 15.0. The molecule has 0 atom stereocenters. The van der Waals surface area contributed by atoms with E-state index in [4.69, 9.17) is 4.74 Å². The van der Waals surface area contributed by atoms with Crippen molar-refractivity contribution in [3.8, 4) is 5.75 Å². The van der Waals surface area contributed by atoms with E-state index in [-0.39, 0.29) is 18.4 Å². The lowest BCUT2D eigenvalue weighted by atomic mass is 9.87. The first-order chi connectivity index (χ1) is 12.0. The van der Waals surface area contributed by atoms with Gasteiger partial charge in [-0.25, -0.2) is 0 Å². The summed E-state index contributed by atoms with van der Waals surface area (Å²) in [5.74, 6) is 1.00. The third-order valence-electron chi connectivity index (χ3n) is 4.69. The molecule has 5 heteroatoms. The number of hydrogen-bond donors (Lipinski definition) is 2. The zero-order valence-electron chi connectivity index (χ0n) is 15.6. The quantitative estimate of drug-likeness (QED) is 0.773. The van der Waals surface area contributed by atoms with E-state index >= 15 is 0 Å². The summed E-state index contributed by atoms with van der Waals surface area (Å²) in [5.41, 5.74) is 7.09. The maximum Gasteiger partial charge on any atom is 0.276 e. The van der Waals surface area contributed by atoms with Crippen molar-refractivity contribution >= 4 is 11.8 Å². The molecule has 5 nitrogen and oxygen atoms in total. The third-order valence-corrected chi connectivity index (χ3v) is 4.69. The van der Waals surface area contributed by atoms with Crippen molar-refractivity contribution in [1.29, 1.82) is 0 Å². The summed E-state index contributed by atoms with van der Waals surface area (Å²) < 4.78 is 5.66. The molecule has 1 aliphatic rings. The van der Waals surface area contributed by atoms with Crippen molar-refractivity contribution in [3.05, 3.63) is 29.3 Å². The molecule has 0 bridgehead atoms. The molecule has 1 saturated carbocycles. The van der Waals surface area contributed by atoms with Crippen molar-refractivity contribution in [1.82, 2.24) is 10.9 Å². The molecule has 0 spiro atoms. The highest BCUT2D eigenvalue weighted by Crippen LogP contribution is 2.27. The number of benzene rings is 1.